The number of carbonyl (C=O) groups is 1. The number of aliphatic hydroxyl groups is 1. The minimum Gasteiger partial charge on any atom is -0.506 e. The summed E-state index contributed by atoms with van der Waals surface area (Å²) in [5.74, 6) is 2.45. The Morgan fingerprint density at radius 3 is 2.29 bits per heavy atom. The summed E-state index contributed by atoms with van der Waals surface area (Å²) >= 11 is 11.3. The van der Waals surface area contributed by atoms with Crippen LogP contribution < -0.4 is 15.4 Å². The first kappa shape index (κ1) is 31.0. The molecule has 2 aromatic carbocycles. The van der Waals surface area contributed by atoms with E-state index in [9.17, 15) is 4.79 Å². The molecule has 1 aliphatic rings. The minimum absolute atomic E-state index is 0.00716. The van der Waals surface area contributed by atoms with Crippen molar-refractivity contribution >= 4 is 35.2 Å². The van der Waals surface area contributed by atoms with Crippen LogP contribution in [0.15, 0.2) is 36.4 Å². The second-order valence-electron chi connectivity index (χ2n) is 8.24. The smallest absolute Gasteiger partial charge is 0.150 e. The van der Waals surface area contributed by atoms with E-state index in [1.165, 1.54) is 50.4 Å². The Morgan fingerprint density at radius 2 is 1.74 bits per heavy atom. The molecule has 0 aliphatic heterocycles. The molecule has 35 heavy (non-hydrogen) atoms. The van der Waals surface area contributed by atoms with Gasteiger partial charge < -0.3 is 30.3 Å². The van der Waals surface area contributed by atoms with Crippen LogP contribution in [0.3, 0.4) is 0 Å². The van der Waals surface area contributed by atoms with Crippen molar-refractivity contribution in [3.05, 3.63) is 52.0 Å². The molecule has 0 amide bonds. The highest BCUT2D eigenvalue weighted by Gasteiger charge is 2.19. The van der Waals surface area contributed by atoms with Crippen molar-refractivity contribution in [2.45, 2.75) is 32.1 Å². The molecule has 196 valence electrons. The Kier molecular flexibility index (Phi) is 16.2. The normalized spacial score (nSPS) is 16.7. The van der Waals surface area contributed by atoms with Crippen molar-refractivity contribution in [1.29, 1.82) is 0 Å². The van der Waals surface area contributed by atoms with Gasteiger partial charge in [0.05, 0.1) is 17.8 Å². The summed E-state index contributed by atoms with van der Waals surface area (Å²) in [6.07, 6.45) is 7.05. The number of aliphatic hydroxyl groups excluding tert-OH is 1. The maximum atomic E-state index is 10.1. The lowest BCUT2D eigenvalue weighted by Crippen LogP contribution is -2.24. The Balaban J connectivity index is 0.000000265. The van der Waals surface area contributed by atoms with Crippen LogP contribution in [0.4, 0.5) is 5.69 Å². The number of halogens is 2. The van der Waals surface area contributed by atoms with Crippen LogP contribution in [-0.4, -0.2) is 57.6 Å². The summed E-state index contributed by atoms with van der Waals surface area (Å²) in [7, 11) is 5.26. The van der Waals surface area contributed by atoms with Gasteiger partial charge in [0.1, 0.15) is 24.5 Å². The molecule has 0 atom stereocenters. The van der Waals surface area contributed by atoms with Crippen molar-refractivity contribution in [2.75, 3.05) is 46.5 Å². The second-order valence-corrected chi connectivity index (χ2v) is 9.08. The molecular weight excluding hydrogens is 491 g/mol. The zero-order valence-electron chi connectivity index (χ0n) is 20.7. The van der Waals surface area contributed by atoms with Gasteiger partial charge in [0.25, 0.3) is 0 Å². The number of rotatable bonds is 9. The van der Waals surface area contributed by atoms with E-state index in [4.69, 9.17) is 42.9 Å². The van der Waals surface area contributed by atoms with Crippen molar-refractivity contribution in [3.8, 4) is 11.5 Å². The van der Waals surface area contributed by atoms with Crippen molar-refractivity contribution in [2.24, 2.45) is 11.8 Å². The molecule has 1 saturated carbocycles. The first-order chi connectivity index (χ1) is 16.9. The van der Waals surface area contributed by atoms with Crippen LogP contribution in [0.1, 0.15) is 42.5 Å². The van der Waals surface area contributed by atoms with Gasteiger partial charge in [-0.15, -0.1) is 0 Å². The van der Waals surface area contributed by atoms with Gasteiger partial charge in [-0.2, -0.15) is 0 Å². The first-order valence-corrected chi connectivity index (χ1v) is 12.4. The topological polar surface area (TPSA) is 100 Å². The number of aromatic hydroxyl groups is 1. The monoisotopic (exact) mass is 528 g/mol. The van der Waals surface area contributed by atoms with E-state index in [1.54, 1.807) is 32.4 Å². The molecule has 0 spiro atoms. The van der Waals surface area contributed by atoms with Gasteiger partial charge in [-0.3, -0.25) is 4.79 Å². The van der Waals surface area contributed by atoms with E-state index in [-0.39, 0.29) is 10.8 Å². The highest BCUT2D eigenvalue weighted by molar-refractivity contribution is 6.32. The number of aldehydes is 1. The van der Waals surface area contributed by atoms with Crippen molar-refractivity contribution in [1.82, 2.24) is 5.32 Å². The van der Waals surface area contributed by atoms with Gasteiger partial charge in [0.15, 0.2) is 0 Å². The maximum absolute atomic E-state index is 10.1. The quantitative estimate of drug-likeness (QED) is 0.247. The molecular formula is C26H38Cl2N2O5. The number of carbonyl (C=O) groups excluding carboxylic acids is 1. The summed E-state index contributed by atoms with van der Waals surface area (Å²) in [5, 5.41) is 24.8. The molecule has 0 aromatic heterocycles. The average molecular weight is 530 g/mol. The molecule has 9 heteroatoms. The zero-order valence-corrected chi connectivity index (χ0v) is 22.2. The van der Waals surface area contributed by atoms with E-state index >= 15 is 0 Å². The first-order valence-electron chi connectivity index (χ1n) is 11.6. The van der Waals surface area contributed by atoms with Gasteiger partial charge in [-0.1, -0.05) is 36.0 Å². The fourth-order valence-electron chi connectivity index (χ4n) is 3.76. The van der Waals surface area contributed by atoms with E-state index in [0.29, 0.717) is 30.2 Å². The van der Waals surface area contributed by atoms with Gasteiger partial charge in [-0.25, -0.2) is 0 Å². The number of nitrogens with one attached hydrogen (secondary N) is 2. The molecule has 4 N–H and O–H groups in total. The Bertz CT molecular complexity index is 848. The summed E-state index contributed by atoms with van der Waals surface area (Å²) in [6.45, 7) is 1.98. The van der Waals surface area contributed by atoms with Crippen LogP contribution in [-0.2, 0) is 4.74 Å². The SMILES string of the molecule is CNCC1CCC(CCO)CC1.COCNc1cc(Cl)ccc1OC.O=Cc1ccc(O)c(Cl)c1. The number of hydrogen-bond acceptors (Lipinski definition) is 7. The maximum Gasteiger partial charge on any atom is 0.150 e. The minimum atomic E-state index is -0.00716. The Hall–Kier alpha value is -2.03. The highest BCUT2D eigenvalue weighted by atomic mass is 35.5. The van der Waals surface area contributed by atoms with Crippen molar-refractivity contribution < 1.29 is 24.5 Å². The lowest BCUT2D eigenvalue weighted by Gasteiger charge is -2.27. The van der Waals surface area contributed by atoms with Crippen LogP contribution in [0.25, 0.3) is 0 Å². The summed E-state index contributed by atoms with van der Waals surface area (Å²) in [4.78, 5) is 10.1. The van der Waals surface area contributed by atoms with Gasteiger partial charge >= 0.3 is 0 Å². The van der Waals surface area contributed by atoms with Crippen LogP contribution in [0.5, 0.6) is 11.5 Å². The molecule has 0 unspecified atom stereocenters. The average Bonchev–Trinajstić information content (AvgIpc) is 2.87. The molecule has 3 rings (SSSR count). The van der Waals surface area contributed by atoms with E-state index < -0.39 is 0 Å². The predicted molar refractivity (Wildman–Crippen MR) is 143 cm³/mol. The molecule has 1 fully saturated rings. The number of anilines is 1. The number of ether oxygens (including phenoxy) is 2. The summed E-state index contributed by atoms with van der Waals surface area (Å²) in [6, 6.07) is 9.66. The van der Waals surface area contributed by atoms with Crippen LogP contribution in [0, 0.1) is 11.8 Å². The molecule has 0 bridgehead atoms. The third kappa shape index (κ3) is 12.5. The summed E-state index contributed by atoms with van der Waals surface area (Å²) < 4.78 is 10.00. The third-order valence-corrected chi connectivity index (χ3v) is 6.21. The molecule has 1 aliphatic carbocycles. The third-order valence-electron chi connectivity index (χ3n) is 5.67. The number of phenols is 1. The fourth-order valence-corrected chi connectivity index (χ4v) is 4.12. The van der Waals surface area contributed by atoms with Gasteiger partial charge in [0, 0.05) is 24.3 Å². The lowest BCUT2D eigenvalue weighted by atomic mass is 9.81. The molecule has 2 aromatic rings. The van der Waals surface area contributed by atoms with E-state index in [0.717, 1.165) is 29.7 Å². The number of phenolic OH excluding ortho intramolecular Hbond substituents is 1. The van der Waals surface area contributed by atoms with E-state index in [2.05, 4.69) is 10.6 Å². The molecule has 7 nitrogen and oxygen atoms in total. The molecule has 0 radical (unpaired) electrons. The largest absolute Gasteiger partial charge is 0.506 e. The zero-order chi connectivity index (χ0) is 26.1. The number of methoxy groups -OCH3 is 2. The predicted octanol–water partition coefficient (Wildman–Crippen LogP) is 5.62. The lowest BCUT2D eigenvalue weighted by molar-refractivity contribution is 0.112. The fraction of sp³-hybridized carbons (Fsp3) is 0.500. The van der Waals surface area contributed by atoms with Crippen LogP contribution in [0.2, 0.25) is 10.0 Å². The number of hydrogen-bond donors (Lipinski definition) is 4. The van der Waals surface area contributed by atoms with Gasteiger partial charge in [0.2, 0.25) is 0 Å². The summed E-state index contributed by atoms with van der Waals surface area (Å²) in [5.41, 5.74) is 1.29. The Morgan fingerprint density at radius 1 is 1.06 bits per heavy atom. The van der Waals surface area contributed by atoms with E-state index in [1.807, 2.05) is 7.05 Å². The highest BCUT2D eigenvalue weighted by Crippen LogP contribution is 2.30. The van der Waals surface area contributed by atoms with Gasteiger partial charge in [-0.05, 0) is 81.1 Å². The Labute approximate surface area is 218 Å². The molecule has 0 heterocycles. The molecule has 0 saturated heterocycles. The second kappa shape index (κ2) is 18.3. The van der Waals surface area contributed by atoms with Crippen molar-refractivity contribution in [3.63, 3.8) is 0 Å². The number of benzene rings is 2. The standard InChI is InChI=1S/C10H21NO.C9H12ClNO2.C7H5ClO2/c1-11-8-10-4-2-9(3-5-10)6-7-12;1-12-6-11-8-5-7(10)3-4-9(8)13-2;8-6-3-5(4-9)1-2-7(6)10/h9-12H,2-8H2,1H3;3-5,11H,6H2,1-2H3;1-4,10H. The van der Waals surface area contributed by atoms with Crippen LogP contribution >= 0.6 is 23.2 Å².